The molecule has 7 rings (SSSR count). The minimum absolute atomic E-state index is 0.0722. The average molecular weight is 543 g/mol. The van der Waals surface area contributed by atoms with Gasteiger partial charge in [-0.1, -0.05) is 12.1 Å². The maximum absolute atomic E-state index is 14.1. The second-order valence-electron chi connectivity index (χ2n) is 12.1. The van der Waals surface area contributed by atoms with Crippen LogP contribution in [0.2, 0.25) is 0 Å². The number of benzene rings is 1. The first kappa shape index (κ1) is 25.4. The fraction of sp³-hybridized carbons (Fsp3) is 0.655. The molecule has 0 saturated carbocycles. The lowest BCUT2D eigenvalue weighted by Gasteiger charge is -2.38. The van der Waals surface area contributed by atoms with Gasteiger partial charge in [-0.2, -0.15) is 23.1 Å². The lowest BCUT2D eigenvalue weighted by atomic mass is 9.95. The van der Waals surface area contributed by atoms with Crippen molar-refractivity contribution < 1.29 is 17.9 Å². The Morgan fingerprint density at radius 3 is 2.49 bits per heavy atom. The Kier molecular flexibility index (Phi) is 6.19. The molecule has 6 heterocycles. The number of nitrogens with zero attached hydrogens (tertiary/aromatic N) is 5. The van der Waals surface area contributed by atoms with E-state index in [2.05, 4.69) is 15.1 Å². The number of rotatable bonds is 5. The smallest absolute Gasteiger partial charge is 0.418 e. The molecule has 39 heavy (non-hydrogen) atoms. The van der Waals surface area contributed by atoms with E-state index >= 15 is 0 Å². The molecular formula is C29H37F3N6O. The van der Waals surface area contributed by atoms with Crippen LogP contribution in [0.1, 0.15) is 60.9 Å². The van der Waals surface area contributed by atoms with Gasteiger partial charge in [-0.05, 0) is 76.6 Å². The molecule has 1 N–H and O–H groups in total. The molecule has 4 saturated heterocycles. The van der Waals surface area contributed by atoms with Crippen molar-refractivity contribution in [2.45, 2.75) is 82.2 Å². The van der Waals surface area contributed by atoms with Gasteiger partial charge in [0.2, 0.25) is 0 Å². The topological polar surface area (TPSA) is 56.8 Å². The summed E-state index contributed by atoms with van der Waals surface area (Å²) in [6, 6.07) is 6.09. The van der Waals surface area contributed by atoms with Crippen LogP contribution in [0.3, 0.4) is 0 Å². The molecule has 210 valence electrons. The first-order chi connectivity index (χ1) is 18.8. The number of alkyl halides is 3. The Labute approximate surface area is 227 Å². The molecule has 1 aromatic carbocycles. The molecule has 2 atom stereocenters. The fourth-order valence-electron chi connectivity index (χ4n) is 7.83. The van der Waals surface area contributed by atoms with Crippen LogP contribution in [-0.4, -0.2) is 71.8 Å². The number of ether oxygens (including phenoxy) is 1. The Bertz CT molecular complexity index is 1230. The molecule has 0 unspecified atom stereocenters. The van der Waals surface area contributed by atoms with Gasteiger partial charge in [0.15, 0.2) is 0 Å². The van der Waals surface area contributed by atoms with Crippen LogP contribution in [0, 0.1) is 6.92 Å². The molecule has 0 amide bonds. The normalized spacial score (nSPS) is 26.2. The summed E-state index contributed by atoms with van der Waals surface area (Å²) in [5, 5.41) is 3.69. The molecule has 4 fully saturated rings. The third kappa shape index (κ3) is 4.53. The van der Waals surface area contributed by atoms with Gasteiger partial charge in [0, 0.05) is 43.0 Å². The Hall–Kier alpha value is -2.59. The van der Waals surface area contributed by atoms with Gasteiger partial charge in [0.25, 0.3) is 0 Å². The van der Waals surface area contributed by atoms with Crippen LogP contribution in [0.25, 0.3) is 0 Å². The SMILES string of the molecule is Cc1cccc(N2CCc3c(nc(OCC45CCCN4CCC5)nc3N3C[C@H]4CC[C@@H](C3)N4)C2)c1C(F)(F)F. The molecule has 10 heteroatoms. The monoisotopic (exact) mass is 542 g/mol. The van der Waals surface area contributed by atoms with Crippen molar-refractivity contribution in [1.29, 1.82) is 0 Å². The predicted molar refractivity (Wildman–Crippen MR) is 143 cm³/mol. The number of aryl methyl sites for hydroxylation is 1. The molecule has 1 aromatic heterocycles. The van der Waals surface area contributed by atoms with Crippen LogP contribution in [-0.2, 0) is 19.1 Å². The van der Waals surface area contributed by atoms with Crippen LogP contribution >= 0.6 is 0 Å². The molecule has 0 spiro atoms. The summed E-state index contributed by atoms with van der Waals surface area (Å²) in [4.78, 5) is 16.6. The quantitative estimate of drug-likeness (QED) is 0.604. The standard InChI is InChI=1S/C29H37F3N6O/c1-19-5-2-6-24(25(19)29(30,31)32)36-14-9-22-23(17-36)34-27(39-18-28-10-3-12-38(28)13-4-11-28)35-26(22)37-15-20-7-8-21(16-37)33-20/h2,5-6,20-21,33H,3-4,7-18H2,1H3/t20-,21+. The highest BCUT2D eigenvalue weighted by Crippen LogP contribution is 2.42. The van der Waals surface area contributed by atoms with Gasteiger partial charge in [-0.25, -0.2) is 0 Å². The largest absolute Gasteiger partial charge is 0.461 e. The Morgan fingerprint density at radius 1 is 1.03 bits per heavy atom. The van der Waals surface area contributed by atoms with Gasteiger partial charge >= 0.3 is 12.2 Å². The Morgan fingerprint density at radius 2 is 1.77 bits per heavy atom. The maximum Gasteiger partial charge on any atom is 0.418 e. The van der Waals surface area contributed by atoms with Crippen molar-refractivity contribution >= 4 is 11.5 Å². The molecule has 0 radical (unpaired) electrons. The Balaban J connectivity index is 1.22. The summed E-state index contributed by atoms with van der Waals surface area (Å²) in [5.74, 6) is 0.917. The number of nitrogens with one attached hydrogen (secondary N) is 1. The van der Waals surface area contributed by atoms with Crippen molar-refractivity contribution in [1.82, 2.24) is 20.2 Å². The molecule has 5 aliphatic heterocycles. The van der Waals surface area contributed by atoms with Gasteiger partial charge < -0.3 is 19.9 Å². The first-order valence-electron chi connectivity index (χ1n) is 14.5. The second-order valence-corrected chi connectivity index (χ2v) is 12.1. The highest BCUT2D eigenvalue weighted by atomic mass is 19.4. The second kappa shape index (κ2) is 9.51. The van der Waals surface area contributed by atoms with E-state index < -0.39 is 11.7 Å². The first-order valence-corrected chi connectivity index (χ1v) is 14.5. The van der Waals surface area contributed by atoms with Crippen LogP contribution < -0.4 is 19.9 Å². The van der Waals surface area contributed by atoms with Gasteiger partial charge in [0.05, 0.1) is 23.3 Å². The summed E-state index contributed by atoms with van der Waals surface area (Å²) in [7, 11) is 0. The third-order valence-corrected chi connectivity index (χ3v) is 9.69. The molecule has 5 aliphatic rings. The van der Waals surface area contributed by atoms with Crippen LogP contribution in [0.4, 0.5) is 24.7 Å². The minimum Gasteiger partial charge on any atom is -0.461 e. The molecule has 0 aliphatic carbocycles. The van der Waals surface area contributed by atoms with Crippen molar-refractivity contribution in [3.05, 3.63) is 40.6 Å². The lowest BCUT2D eigenvalue weighted by Crippen LogP contribution is -2.52. The van der Waals surface area contributed by atoms with E-state index in [4.69, 9.17) is 14.7 Å². The van der Waals surface area contributed by atoms with Crippen LogP contribution in [0.15, 0.2) is 18.2 Å². The van der Waals surface area contributed by atoms with Gasteiger partial charge in [-0.3, -0.25) is 4.90 Å². The zero-order valence-corrected chi connectivity index (χ0v) is 22.6. The van der Waals surface area contributed by atoms with E-state index in [0.717, 1.165) is 68.9 Å². The predicted octanol–water partition coefficient (Wildman–Crippen LogP) is 4.31. The zero-order valence-electron chi connectivity index (χ0n) is 22.6. The van der Waals surface area contributed by atoms with E-state index in [9.17, 15) is 13.2 Å². The lowest BCUT2D eigenvalue weighted by molar-refractivity contribution is -0.137. The highest BCUT2D eigenvalue weighted by Gasteiger charge is 2.45. The highest BCUT2D eigenvalue weighted by molar-refractivity contribution is 5.61. The number of anilines is 2. The number of hydrogen-bond acceptors (Lipinski definition) is 7. The van der Waals surface area contributed by atoms with Crippen molar-refractivity contribution in [3.63, 3.8) is 0 Å². The van der Waals surface area contributed by atoms with E-state index in [1.165, 1.54) is 25.8 Å². The molecular weight excluding hydrogens is 505 g/mol. The van der Waals surface area contributed by atoms with E-state index in [1.54, 1.807) is 12.1 Å². The van der Waals surface area contributed by atoms with E-state index in [1.807, 2.05) is 4.90 Å². The van der Waals surface area contributed by atoms with Gasteiger partial charge in [0.1, 0.15) is 12.4 Å². The molecule has 2 aromatic rings. The van der Waals surface area contributed by atoms with Crippen molar-refractivity contribution in [2.24, 2.45) is 0 Å². The summed E-state index contributed by atoms with van der Waals surface area (Å²) in [6.07, 6.45) is 3.16. The summed E-state index contributed by atoms with van der Waals surface area (Å²) in [5.41, 5.74) is 1.83. The average Bonchev–Trinajstić information content (AvgIpc) is 3.59. The minimum atomic E-state index is -4.42. The summed E-state index contributed by atoms with van der Waals surface area (Å²) in [6.45, 7) is 6.92. The van der Waals surface area contributed by atoms with E-state index in [-0.39, 0.29) is 16.8 Å². The summed E-state index contributed by atoms with van der Waals surface area (Å²) < 4.78 is 48.6. The summed E-state index contributed by atoms with van der Waals surface area (Å²) >= 11 is 0. The third-order valence-electron chi connectivity index (χ3n) is 9.69. The number of halogens is 3. The number of hydrogen-bond donors (Lipinski definition) is 1. The number of piperazine rings is 1. The zero-order chi connectivity index (χ0) is 26.8. The fourth-order valence-corrected chi connectivity index (χ4v) is 7.83. The van der Waals surface area contributed by atoms with E-state index in [0.29, 0.717) is 44.2 Å². The molecule has 2 bridgehead atoms. The molecule has 7 nitrogen and oxygen atoms in total. The van der Waals surface area contributed by atoms with Gasteiger partial charge in [-0.15, -0.1) is 0 Å². The number of aromatic nitrogens is 2. The van der Waals surface area contributed by atoms with Crippen LogP contribution in [0.5, 0.6) is 6.01 Å². The number of fused-ring (bicyclic) bond motifs is 4. The maximum atomic E-state index is 14.1. The van der Waals surface area contributed by atoms with Crippen molar-refractivity contribution in [2.75, 3.05) is 49.1 Å². The van der Waals surface area contributed by atoms with Crippen molar-refractivity contribution in [3.8, 4) is 6.01 Å².